The molecule has 9 heteroatoms. The van der Waals surface area contributed by atoms with Gasteiger partial charge in [-0.2, -0.15) is 13.9 Å². The van der Waals surface area contributed by atoms with Crippen LogP contribution < -0.4 is 5.32 Å². The van der Waals surface area contributed by atoms with E-state index in [-0.39, 0.29) is 22.0 Å². The van der Waals surface area contributed by atoms with Crippen LogP contribution in [-0.2, 0) is 15.8 Å². The van der Waals surface area contributed by atoms with Crippen LogP contribution in [0.15, 0.2) is 35.4 Å². The van der Waals surface area contributed by atoms with Crippen LogP contribution in [0.25, 0.3) is 10.9 Å². The van der Waals surface area contributed by atoms with Crippen LogP contribution in [0.5, 0.6) is 0 Å². The predicted octanol–water partition coefficient (Wildman–Crippen LogP) is 4.69. The molecule has 0 aliphatic rings. The van der Waals surface area contributed by atoms with Gasteiger partial charge < -0.3 is 5.32 Å². The number of nitrogens with one attached hydrogen (secondary N) is 2. The van der Waals surface area contributed by atoms with Crippen LogP contribution in [-0.4, -0.2) is 28.3 Å². The van der Waals surface area contributed by atoms with Crippen molar-refractivity contribution in [2.24, 2.45) is 0 Å². The van der Waals surface area contributed by atoms with Crippen LogP contribution >= 0.6 is 0 Å². The molecule has 0 atom stereocenters. The first-order valence-electron chi connectivity index (χ1n) is 8.66. The number of sulfone groups is 1. The second-order valence-corrected chi connectivity index (χ2v) is 10.4. The van der Waals surface area contributed by atoms with Gasteiger partial charge in [-0.3, -0.25) is 10.1 Å². The molecule has 3 aromatic rings. The number of nitrogens with zero attached hydrogens (tertiary/aromatic N) is 2. The van der Waals surface area contributed by atoms with E-state index >= 15 is 0 Å². The Morgan fingerprint density at radius 2 is 1.79 bits per heavy atom. The van der Waals surface area contributed by atoms with Crippen molar-refractivity contribution in [1.29, 1.82) is 0 Å². The fourth-order valence-electron chi connectivity index (χ4n) is 2.83. The summed E-state index contributed by atoms with van der Waals surface area (Å²) in [6.07, 6.45) is 1.56. The number of anilines is 2. The second-order valence-electron chi connectivity index (χ2n) is 7.74. The third kappa shape index (κ3) is 3.46. The summed E-state index contributed by atoms with van der Waals surface area (Å²) in [5.74, 6) is -2.81. The average molecular weight is 408 g/mol. The molecule has 0 radical (unpaired) electrons. The Balaban J connectivity index is 2.11. The minimum atomic E-state index is -3.56. The molecule has 0 aliphatic heterocycles. The SMILES string of the molecule is Cc1c(Nc2ccnc3ccc(S(=O)(=O)C(C)(C)C)cc23)n[nH]c1C(C)(F)F. The van der Waals surface area contributed by atoms with Gasteiger partial charge in [-0.05, 0) is 52.0 Å². The molecule has 1 aromatic carbocycles. The molecule has 2 heterocycles. The summed E-state index contributed by atoms with van der Waals surface area (Å²) in [7, 11) is -3.56. The highest BCUT2D eigenvalue weighted by Crippen LogP contribution is 2.34. The highest BCUT2D eigenvalue weighted by atomic mass is 32.2. The van der Waals surface area contributed by atoms with E-state index in [9.17, 15) is 17.2 Å². The van der Waals surface area contributed by atoms with Crippen LogP contribution in [0.3, 0.4) is 0 Å². The number of aromatic nitrogens is 3. The molecule has 0 fully saturated rings. The zero-order valence-electron chi connectivity index (χ0n) is 16.3. The highest BCUT2D eigenvalue weighted by molar-refractivity contribution is 7.92. The van der Waals surface area contributed by atoms with Crippen molar-refractivity contribution < 1.29 is 17.2 Å². The minimum absolute atomic E-state index is 0.170. The number of alkyl halides is 2. The molecular weight excluding hydrogens is 386 g/mol. The zero-order valence-corrected chi connectivity index (χ0v) is 17.1. The van der Waals surface area contributed by atoms with Gasteiger partial charge >= 0.3 is 0 Å². The average Bonchev–Trinajstić information content (AvgIpc) is 2.94. The Morgan fingerprint density at radius 3 is 2.36 bits per heavy atom. The molecular formula is C19H22F2N4O2S. The number of halogens is 2. The topological polar surface area (TPSA) is 87.7 Å². The zero-order chi connectivity index (χ0) is 20.9. The normalized spacial score (nSPS) is 13.1. The van der Waals surface area contributed by atoms with E-state index in [4.69, 9.17) is 0 Å². The third-order valence-electron chi connectivity index (χ3n) is 4.53. The molecule has 150 valence electrons. The lowest BCUT2D eigenvalue weighted by atomic mass is 10.1. The number of fused-ring (bicyclic) bond motifs is 1. The minimum Gasteiger partial charge on any atom is -0.338 e. The van der Waals surface area contributed by atoms with Crippen LogP contribution in [0.1, 0.15) is 39.0 Å². The maximum absolute atomic E-state index is 13.6. The lowest BCUT2D eigenvalue weighted by Gasteiger charge is -2.19. The van der Waals surface area contributed by atoms with E-state index in [2.05, 4.69) is 20.5 Å². The Hall–Kier alpha value is -2.55. The molecule has 2 aromatic heterocycles. The molecule has 0 unspecified atom stereocenters. The molecule has 0 saturated heterocycles. The number of benzene rings is 1. The molecule has 28 heavy (non-hydrogen) atoms. The number of hydrogen-bond donors (Lipinski definition) is 2. The van der Waals surface area contributed by atoms with E-state index in [0.29, 0.717) is 16.6 Å². The summed E-state index contributed by atoms with van der Waals surface area (Å²) >= 11 is 0. The Morgan fingerprint density at radius 1 is 1.11 bits per heavy atom. The Kier molecular flexibility index (Phi) is 4.69. The molecule has 0 spiro atoms. The number of hydrogen-bond acceptors (Lipinski definition) is 5. The van der Waals surface area contributed by atoms with Gasteiger partial charge in [0, 0.05) is 24.1 Å². The van der Waals surface area contributed by atoms with Gasteiger partial charge in [0.1, 0.15) is 5.69 Å². The van der Waals surface area contributed by atoms with Gasteiger partial charge in [0.05, 0.1) is 20.8 Å². The van der Waals surface area contributed by atoms with Crippen LogP contribution in [0, 0.1) is 6.92 Å². The quantitative estimate of drug-likeness (QED) is 0.654. The van der Waals surface area contributed by atoms with Gasteiger partial charge in [0.2, 0.25) is 0 Å². The molecule has 0 saturated carbocycles. The summed E-state index contributed by atoms with van der Waals surface area (Å²) in [5.41, 5.74) is 1.11. The Bertz CT molecular complexity index is 1140. The highest BCUT2D eigenvalue weighted by Gasteiger charge is 2.32. The molecule has 2 N–H and O–H groups in total. The molecule has 0 aliphatic carbocycles. The maximum Gasteiger partial charge on any atom is 0.286 e. The molecule has 3 rings (SSSR count). The summed E-state index contributed by atoms with van der Waals surface area (Å²) in [6, 6.07) is 6.34. The van der Waals surface area contributed by atoms with Crippen molar-refractivity contribution in [3.05, 3.63) is 41.7 Å². The number of H-pyrrole nitrogens is 1. The van der Waals surface area contributed by atoms with E-state index < -0.39 is 20.5 Å². The molecule has 0 bridgehead atoms. The van der Waals surface area contributed by atoms with Gasteiger partial charge in [0.15, 0.2) is 15.7 Å². The van der Waals surface area contributed by atoms with E-state index in [0.717, 1.165) is 6.92 Å². The predicted molar refractivity (Wildman–Crippen MR) is 105 cm³/mol. The first-order chi connectivity index (χ1) is 12.8. The number of rotatable bonds is 4. The van der Waals surface area contributed by atoms with Crippen molar-refractivity contribution >= 4 is 32.2 Å². The largest absolute Gasteiger partial charge is 0.338 e. The van der Waals surface area contributed by atoms with Gasteiger partial charge in [-0.1, -0.05) is 0 Å². The standard InChI is InChI=1S/C19H22F2N4O2S/c1-11-16(19(5,20)21)24-25-17(11)23-15-8-9-22-14-7-6-12(10-13(14)15)28(26,27)18(2,3)4/h6-10H,1-5H3,(H2,22,23,24,25). The van der Waals surface area contributed by atoms with Crippen molar-refractivity contribution in [2.75, 3.05) is 5.32 Å². The first kappa shape index (κ1) is 20.2. The van der Waals surface area contributed by atoms with E-state index in [1.165, 1.54) is 13.0 Å². The molecule has 0 amide bonds. The van der Waals surface area contributed by atoms with Crippen LogP contribution in [0.4, 0.5) is 20.3 Å². The van der Waals surface area contributed by atoms with Gasteiger partial charge in [0.25, 0.3) is 5.92 Å². The third-order valence-corrected chi connectivity index (χ3v) is 7.02. The fraction of sp³-hybridized carbons (Fsp3) is 0.368. The first-order valence-corrected chi connectivity index (χ1v) is 10.1. The van der Waals surface area contributed by atoms with Crippen LogP contribution in [0.2, 0.25) is 0 Å². The second kappa shape index (κ2) is 6.51. The van der Waals surface area contributed by atoms with Gasteiger partial charge in [-0.15, -0.1) is 0 Å². The van der Waals surface area contributed by atoms with Crippen molar-refractivity contribution in [2.45, 2.75) is 50.2 Å². The lowest BCUT2D eigenvalue weighted by Crippen LogP contribution is -2.27. The Labute approximate surface area is 162 Å². The summed E-state index contributed by atoms with van der Waals surface area (Å²) in [5, 5.41) is 9.87. The summed E-state index contributed by atoms with van der Waals surface area (Å²) < 4.78 is 51.9. The van der Waals surface area contributed by atoms with E-state index in [1.54, 1.807) is 45.2 Å². The van der Waals surface area contributed by atoms with Gasteiger partial charge in [-0.25, -0.2) is 8.42 Å². The lowest BCUT2D eigenvalue weighted by molar-refractivity contribution is 0.0121. The van der Waals surface area contributed by atoms with Crippen molar-refractivity contribution in [1.82, 2.24) is 15.2 Å². The fourth-order valence-corrected chi connectivity index (χ4v) is 4.06. The maximum atomic E-state index is 13.6. The van der Waals surface area contributed by atoms with E-state index in [1.807, 2.05) is 0 Å². The number of aromatic amines is 1. The van der Waals surface area contributed by atoms with Crippen molar-refractivity contribution in [3.8, 4) is 0 Å². The molecule has 6 nitrogen and oxygen atoms in total. The smallest absolute Gasteiger partial charge is 0.286 e. The van der Waals surface area contributed by atoms with Crippen molar-refractivity contribution in [3.63, 3.8) is 0 Å². The summed E-state index contributed by atoms with van der Waals surface area (Å²) in [4.78, 5) is 4.42. The number of pyridine rings is 1. The summed E-state index contributed by atoms with van der Waals surface area (Å²) in [6.45, 7) is 7.23. The monoisotopic (exact) mass is 408 g/mol.